The topological polar surface area (TPSA) is 65.5 Å². The molecular formula is C24H24N4O2S4. The molecule has 1 saturated heterocycles. The number of rotatable bonds is 6. The molecule has 2 amide bonds. The Kier molecular flexibility index (Phi) is 7.38. The molecule has 3 heterocycles. The fourth-order valence-corrected chi connectivity index (χ4v) is 7.19. The third kappa shape index (κ3) is 5.40. The van der Waals surface area contributed by atoms with Crippen LogP contribution in [0.4, 0.5) is 11.4 Å². The van der Waals surface area contributed by atoms with E-state index in [1.807, 2.05) is 41.3 Å². The van der Waals surface area contributed by atoms with Crippen LogP contribution in [0.1, 0.15) is 18.4 Å². The van der Waals surface area contributed by atoms with Gasteiger partial charge in [-0.3, -0.25) is 9.59 Å². The number of benzene rings is 2. The number of anilines is 2. The number of hydrogen-bond acceptors (Lipinski definition) is 7. The largest absolute Gasteiger partial charge is 0.358 e. The van der Waals surface area contributed by atoms with E-state index in [2.05, 4.69) is 21.3 Å². The molecule has 1 N–H and O–H groups in total. The normalized spacial score (nSPS) is 15.1. The number of fused-ring (bicyclic) bond motifs is 2. The quantitative estimate of drug-likeness (QED) is 0.356. The van der Waals surface area contributed by atoms with E-state index >= 15 is 0 Å². The molecule has 0 aliphatic carbocycles. The van der Waals surface area contributed by atoms with Crippen LogP contribution in [-0.2, 0) is 16.0 Å². The molecule has 1 fully saturated rings. The molecule has 6 nitrogen and oxygen atoms in total. The highest BCUT2D eigenvalue weighted by molar-refractivity contribution is 8.23. The zero-order valence-electron chi connectivity index (χ0n) is 18.5. The maximum Gasteiger partial charge on any atom is 0.237 e. The summed E-state index contributed by atoms with van der Waals surface area (Å²) in [5.74, 6) is 0.693. The second-order valence-corrected chi connectivity index (χ2v) is 12.0. The van der Waals surface area contributed by atoms with Crippen LogP contribution in [0, 0.1) is 0 Å². The molecule has 0 spiro atoms. The lowest BCUT2D eigenvalue weighted by molar-refractivity contribution is -0.116. The van der Waals surface area contributed by atoms with Gasteiger partial charge in [0, 0.05) is 31.0 Å². The molecule has 2 aliphatic rings. The number of hydrogen-bond donors (Lipinski definition) is 1. The zero-order valence-corrected chi connectivity index (χ0v) is 21.8. The van der Waals surface area contributed by atoms with Crippen molar-refractivity contribution in [3.8, 4) is 0 Å². The van der Waals surface area contributed by atoms with Gasteiger partial charge in [-0.05, 0) is 49.1 Å². The number of thiazole rings is 1. The van der Waals surface area contributed by atoms with Gasteiger partial charge in [0.15, 0.2) is 4.34 Å². The van der Waals surface area contributed by atoms with Crippen molar-refractivity contribution in [2.45, 2.75) is 23.6 Å². The lowest BCUT2D eigenvalue weighted by Gasteiger charge is -2.17. The van der Waals surface area contributed by atoms with Gasteiger partial charge in [0.1, 0.15) is 4.32 Å². The van der Waals surface area contributed by atoms with Crippen molar-refractivity contribution in [2.75, 3.05) is 41.4 Å². The predicted molar refractivity (Wildman–Crippen MR) is 147 cm³/mol. The first-order chi connectivity index (χ1) is 16.6. The third-order valence-electron chi connectivity index (χ3n) is 5.85. The molecule has 0 unspecified atom stereocenters. The van der Waals surface area contributed by atoms with Crippen LogP contribution in [0.15, 0.2) is 46.8 Å². The minimum absolute atomic E-state index is 0.0681. The van der Waals surface area contributed by atoms with Crippen LogP contribution in [0.25, 0.3) is 10.2 Å². The standard InChI is InChI=1S/C24H24N4O2S4/c29-21(14-33-24(31)27-10-3-4-11-27)25-17-7-8-18-20(13-17)34-23(26-18)32-15-22(30)28-12-9-16-5-1-2-6-19(16)28/h1-2,5-8,13H,3-4,9-12,14-15H2,(H,25,29). The first kappa shape index (κ1) is 23.6. The van der Waals surface area contributed by atoms with Gasteiger partial charge in [-0.15, -0.1) is 11.3 Å². The lowest BCUT2D eigenvalue weighted by Crippen LogP contribution is -2.30. The first-order valence-electron chi connectivity index (χ1n) is 11.2. The highest BCUT2D eigenvalue weighted by Crippen LogP contribution is 2.33. The number of nitrogens with zero attached hydrogens (tertiary/aromatic N) is 3. The van der Waals surface area contributed by atoms with Crippen LogP contribution < -0.4 is 10.2 Å². The molecule has 1 aromatic heterocycles. The Balaban J connectivity index is 1.15. The van der Waals surface area contributed by atoms with Crippen molar-refractivity contribution < 1.29 is 9.59 Å². The molecule has 3 aromatic rings. The van der Waals surface area contributed by atoms with Crippen molar-refractivity contribution in [1.82, 2.24) is 9.88 Å². The average molecular weight is 529 g/mol. The molecule has 0 atom stereocenters. The number of thiocarbonyl (C=S) groups is 1. The van der Waals surface area contributed by atoms with E-state index in [4.69, 9.17) is 12.2 Å². The van der Waals surface area contributed by atoms with Crippen LogP contribution >= 0.6 is 47.1 Å². The SMILES string of the molecule is O=C(CSC(=S)N1CCCC1)Nc1ccc2nc(SCC(=O)N3CCc4ccccc43)sc2c1. The van der Waals surface area contributed by atoms with E-state index in [0.29, 0.717) is 11.5 Å². The summed E-state index contributed by atoms with van der Waals surface area (Å²) in [6.45, 7) is 2.72. The molecule has 2 aliphatic heterocycles. The Labute approximate surface area is 216 Å². The third-order valence-corrected chi connectivity index (χ3v) is 9.52. The van der Waals surface area contributed by atoms with Crippen LogP contribution in [0.5, 0.6) is 0 Å². The van der Waals surface area contributed by atoms with Crippen LogP contribution in [-0.4, -0.2) is 57.2 Å². The van der Waals surface area contributed by atoms with E-state index in [1.165, 1.54) is 41.9 Å². The van der Waals surface area contributed by atoms with Gasteiger partial charge >= 0.3 is 0 Å². The minimum Gasteiger partial charge on any atom is -0.358 e. The van der Waals surface area contributed by atoms with Crippen LogP contribution in [0.2, 0.25) is 0 Å². The van der Waals surface area contributed by atoms with Crippen molar-refractivity contribution >= 4 is 84.8 Å². The summed E-state index contributed by atoms with van der Waals surface area (Å²) in [5.41, 5.74) is 3.87. The number of carbonyl (C=O) groups is 2. The van der Waals surface area contributed by atoms with Gasteiger partial charge in [-0.2, -0.15) is 0 Å². The van der Waals surface area contributed by atoms with Crippen molar-refractivity contribution in [3.05, 3.63) is 48.0 Å². The smallest absolute Gasteiger partial charge is 0.237 e. The molecule has 34 heavy (non-hydrogen) atoms. The Morgan fingerprint density at radius 3 is 2.76 bits per heavy atom. The highest BCUT2D eigenvalue weighted by Gasteiger charge is 2.24. The zero-order chi connectivity index (χ0) is 23.5. The fourth-order valence-electron chi connectivity index (χ4n) is 4.16. The summed E-state index contributed by atoms with van der Waals surface area (Å²) in [4.78, 5) is 33.9. The van der Waals surface area contributed by atoms with E-state index in [-0.39, 0.29) is 11.8 Å². The monoisotopic (exact) mass is 528 g/mol. The summed E-state index contributed by atoms with van der Waals surface area (Å²) in [5, 5.41) is 2.96. The summed E-state index contributed by atoms with van der Waals surface area (Å²) in [6.07, 6.45) is 3.25. The number of amides is 2. The highest BCUT2D eigenvalue weighted by atomic mass is 32.2. The number of aromatic nitrogens is 1. The van der Waals surface area contributed by atoms with E-state index < -0.39 is 0 Å². The van der Waals surface area contributed by atoms with Gasteiger partial charge in [0.05, 0.1) is 21.7 Å². The van der Waals surface area contributed by atoms with Gasteiger partial charge < -0.3 is 15.1 Å². The van der Waals surface area contributed by atoms with Crippen LogP contribution in [0.3, 0.4) is 0 Å². The maximum atomic E-state index is 12.8. The van der Waals surface area contributed by atoms with Gasteiger partial charge in [0.25, 0.3) is 0 Å². The van der Waals surface area contributed by atoms with Gasteiger partial charge in [0.2, 0.25) is 11.8 Å². The molecule has 10 heteroatoms. The molecule has 5 rings (SSSR count). The molecular weight excluding hydrogens is 505 g/mol. The van der Waals surface area contributed by atoms with E-state index in [1.54, 1.807) is 11.3 Å². The lowest BCUT2D eigenvalue weighted by atomic mass is 10.2. The van der Waals surface area contributed by atoms with E-state index in [0.717, 1.165) is 56.3 Å². The Morgan fingerprint density at radius 2 is 1.91 bits per heavy atom. The summed E-state index contributed by atoms with van der Waals surface area (Å²) < 4.78 is 2.64. The average Bonchev–Trinajstić information content (AvgIpc) is 3.60. The Hall–Kier alpha value is -2.14. The number of likely N-dealkylation sites (tertiary alicyclic amines) is 1. The van der Waals surface area contributed by atoms with E-state index in [9.17, 15) is 9.59 Å². The number of carbonyl (C=O) groups excluding carboxylic acids is 2. The first-order valence-corrected chi connectivity index (χ1v) is 14.4. The minimum atomic E-state index is -0.0681. The molecule has 0 bridgehead atoms. The second-order valence-electron chi connectivity index (χ2n) is 8.17. The summed E-state index contributed by atoms with van der Waals surface area (Å²) in [6, 6.07) is 13.8. The molecule has 0 radical (unpaired) electrons. The number of para-hydroxylation sites is 1. The van der Waals surface area contributed by atoms with Crippen molar-refractivity contribution in [1.29, 1.82) is 0 Å². The maximum absolute atomic E-state index is 12.8. The molecule has 0 saturated carbocycles. The van der Waals surface area contributed by atoms with Crippen molar-refractivity contribution in [3.63, 3.8) is 0 Å². The number of thioether (sulfide) groups is 2. The molecule has 176 valence electrons. The van der Waals surface area contributed by atoms with Crippen molar-refractivity contribution in [2.24, 2.45) is 0 Å². The Bertz CT molecular complexity index is 1240. The summed E-state index contributed by atoms with van der Waals surface area (Å²) in [7, 11) is 0. The summed E-state index contributed by atoms with van der Waals surface area (Å²) >= 11 is 9.86. The molecule has 2 aromatic carbocycles. The number of nitrogens with one attached hydrogen (secondary N) is 1. The van der Waals surface area contributed by atoms with Gasteiger partial charge in [-0.1, -0.05) is 53.9 Å². The second kappa shape index (κ2) is 10.6. The fraction of sp³-hybridized carbons (Fsp3) is 0.333. The Morgan fingerprint density at radius 1 is 1.09 bits per heavy atom. The van der Waals surface area contributed by atoms with Gasteiger partial charge in [-0.25, -0.2) is 4.98 Å². The predicted octanol–water partition coefficient (Wildman–Crippen LogP) is 5.03.